The molecule has 1 aromatic carbocycles. The summed E-state index contributed by atoms with van der Waals surface area (Å²) in [4.78, 5) is 0. The molecule has 1 nitrogen and oxygen atoms in total. The molecular weight excluding hydrogens is 227 g/mol. The highest BCUT2D eigenvalue weighted by Crippen LogP contribution is 2.44. The van der Waals surface area contributed by atoms with Crippen LogP contribution in [0.2, 0.25) is 0 Å². The fraction of sp³-hybridized carbons (Fsp3) is 0.538. The van der Waals surface area contributed by atoms with Gasteiger partial charge in [-0.25, -0.2) is 0 Å². The lowest BCUT2D eigenvalue weighted by Gasteiger charge is -2.42. The van der Waals surface area contributed by atoms with Gasteiger partial charge in [0.2, 0.25) is 0 Å². The van der Waals surface area contributed by atoms with Crippen molar-refractivity contribution in [2.45, 2.75) is 30.9 Å². The molecule has 17 heavy (non-hydrogen) atoms. The van der Waals surface area contributed by atoms with E-state index in [2.05, 4.69) is 5.32 Å². The summed E-state index contributed by atoms with van der Waals surface area (Å²) in [6.45, 7) is 0.744. The lowest BCUT2D eigenvalue weighted by atomic mass is 9.64. The molecule has 0 bridgehead atoms. The van der Waals surface area contributed by atoms with Crippen LogP contribution in [0.25, 0.3) is 0 Å². The average molecular weight is 243 g/mol. The van der Waals surface area contributed by atoms with Crippen molar-refractivity contribution in [2.24, 2.45) is 0 Å². The third kappa shape index (κ3) is 2.32. The van der Waals surface area contributed by atoms with Crippen molar-refractivity contribution in [1.82, 2.24) is 5.32 Å². The summed E-state index contributed by atoms with van der Waals surface area (Å²) in [7, 11) is 1.84. The van der Waals surface area contributed by atoms with Gasteiger partial charge in [0, 0.05) is 12.0 Å². The second kappa shape index (κ2) is 4.33. The van der Waals surface area contributed by atoms with Gasteiger partial charge in [-0.15, -0.1) is 0 Å². The van der Waals surface area contributed by atoms with E-state index in [9.17, 15) is 13.2 Å². The zero-order valence-electron chi connectivity index (χ0n) is 9.77. The van der Waals surface area contributed by atoms with Crippen molar-refractivity contribution in [1.29, 1.82) is 0 Å². The molecule has 0 spiro atoms. The van der Waals surface area contributed by atoms with E-state index in [-0.39, 0.29) is 5.41 Å². The predicted octanol–water partition coefficient (Wildman–Crippen LogP) is 3.35. The van der Waals surface area contributed by atoms with E-state index in [1.165, 1.54) is 12.1 Å². The van der Waals surface area contributed by atoms with Crippen molar-refractivity contribution < 1.29 is 13.2 Å². The number of benzene rings is 1. The minimum atomic E-state index is -4.25. The number of nitrogens with one attached hydrogen (secondary N) is 1. The Morgan fingerprint density at radius 3 is 2.47 bits per heavy atom. The van der Waals surface area contributed by atoms with Crippen molar-refractivity contribution in [3.05, 3.63) is 35.4 Å². The number of rotatable bonds is 3. The van der Waals surface area contributed by atoms with E-state index < -0.39 is 11.7 Å². The molecule has 2 rings (SSSR count). The first kappa shape index (κ1) is 12.4. The largest absolute Gasteiger partial charge is 0.416 e. The molecule has 0 amide bonds. The van der Waals surface area contributed by atoms with Gasteiger partial charge in [0.25, 0.3) is 0 Å². The topological polar surface area (TPSA) is 12.0 Å². The van der Waals surface area contributed by atoms with Crippen molar-refractivity contribution in [2.75, 3.05) is 13.6 Å². The maximum atomic E-state index is 12.6. The van der Waals surface area contributed by atoms with Gasteiger partial charge in [-0.05, 0) is 31.5 Å². The Morgan fingerprint density at radius 1 is 1.29 bits per heavy atom. The Balaban J connectivity index is 2.32. The van der Waals surface area contributed by atoms with E-state index >= 15 is 0 Å². The SMILES string of the molecule is CNCC1(c2cccc(C(F)(F)F)c2)CCC1. The summed E-state index contributed by atoms with van der Waals surface area (Å²) in [6, 6.07) is 5.76. The summed E-state index contributed by atoms with van der Waals surface area (Å²) in [5.74, 6) is 0. The first-order valence-electron chi connectivity index (χ1n) is 5.80. The van der Waals surface area contributed by atoms with E-state index in [1.807, 2.05) is 13.1 Å². The van der Waals surface area contributed by atoms with Crippen LogP contribution in [0.4, 0.5) is 13.2 Å². The summed E-state index contributed by atoms with van der Waals surface area (Å²) < 4.78 is 37.9. The highest BCUT2D eigenvalue weighted by atomic mass is 19.4. The lowest BCUT2D eigenvalue weighted by Crippen LogP contribution is -2.42. The lowest BCUT2D eigenvalue weighted by molar-refractivity contribution is -0.137. The number of hydrogen-bond donors (Lipinski definition) is 1. The van der Waals surface area contributed by atoms with Gasteiger partial charge in [0.1, 0.15) is 0 Å². The van der Waals surface area contributed by atoms with Gasteiger partial charge in [0.05, 0.1) is 5.56 Å². The molecule has 0 aromatic heterocycles. The van der Waals surface area contributed by atoms with Gasteiger partial charge in [-0.2, -0.15) is 13.2 Å². The zero-order chi connectivity index (χ0) is 12.5. The molecule has 1 aliphatic rings. The fourth-order valence-electron chi connectivity index (χ4n) is 2.53. The first-order chi connectivity index (χ1) is 7.98. The highest BCUT2D eigenvalue weighted by Gasteiger charge is 2.39. The predicted molar refractivity (Wildman–Crippen MR) is 60.9 cm³/mol. The van der Waals surface area contributed by atoms with Crippen LogP contribution in [0.1, 0.15) is 30.4 Å². The molecule has 94 valence electrons. The Bertz CT molecular complexity index is 394. The van der Waals surface area contributed by atoms with E-state index in [4.69, 9.17) is 0 Å². The zero-order valence-corrected chi connectivity index (χ0v) is 9.77. The Hall–Kier alpha value is -1.03. The van der Waals surface area contributed by atoms with Crippen LogP contribution in [-0.2, 0) is 11.6 Å². The standard InChI is InChI=1S/C13H16F3N/c1-17-9-12(6-3-7-12)10-4-2-5-11(8-10)13(14,15)16/h2,4-5,8,17H,3,6-7,9H2,1H3. The van der Waals surface area contributed by atoms with E-state index in [0.29, 0.717) is 0 Å². The van der Waals surface area contributed by atoms with Gasteiger partial charge in [-0.3, -0.25) is 0 Å². The van der Waals surface area contributed by atoms with Crippen LogP contribution in [0, 0.1) is 0 Å². The van der Waals surface area contributed by atoms with Gasteiger partial charge in [0.15, 0.2) is 0 Å². The van der Waals surface area contributed by atoms with Crippen molar-refractivity contribution in [3.63, 3.8) is 0 Å². The molecule has 1 N–H and O–H groups in total. The van der Waals surface area contributed by atoms with Crippen LogP contribution in [-0.4, -0.2) is 13.6 Å². The number of alkyl halides is 3. The molecule has 1 aliphatic carbocycles. The Labute approximate surface area is 99.0 Å². The third-order valence-electron chi connectivity index (χ3n) is 3.63. The Morgan fingerprint density at radius 2 is 2.00 bits per heavy atom. The molecule has 0 aliphatic heterocycles. The second-order valence-corrected chi connectivity index (χ2v) is 4.74. The van der Waals surface area contributed by atoms with Crippen LogP contribution < -0.4 is 5.32 Å². The summed E-state index contributed by atoms with van der Waals surface area (Å²) in [5.41, 5.74) is 0.182. The molecule has 0 radical (unpaired) electrons. The maximum absolute atomic E-state index is 12.6. The first-order valence-corrected chi connectivity index (χ1v) is 5.80. The van der Waals surface area contributed by atoms with Gasteiger partial charge >= 0.3 is 6.18 Å². The van der Waals surface area contributed by atoms with Crippen LogP contribution in [0.5, 0.6) is 0 Å². The second-order valence-electron chi connectivity index (χ2n) is 4.74. The number of halogens is 3. The minimum absolute atomic E-state index is 0.0873. The summed E-state index contributed by atoms with van der Waals surface area (Å²) in [5, 5.41) is 3.09. The van der Waals surface area contributed by atoms with E-state index in [1.54, 1.807) is 0 Å². The van der Waals surface area contributed by atoms with Crippen molar-refractivity contribution in [3.8, 4) is 0 Å². The molecule has 0 atom stereocenters. The average Bonchev–Trinajstić information content (AvgIpc) is 2.22. The quantitative estimate of drug-likeness (QED) is 0.858. The summed E-state index contributed by atoms with van der Waals surface area (Å²) >= 11 is 0. The monoisotopic (exact) mass is 243 g/mol. The third-order valence-corrected chi connectivity index (χ3v) is 3.63. The van der Waals surface area contributed by atoms with Crippen LogP contribution in [0.15, 0.2) is 24.3 Å². The highest BCUT2D eigenvalue weighted by molar-refractivity contribution is 5.34. The Kier molecular flexibility index (Phi) is 3.17. The van der Waals surface area contributed by atoms with Crippen molar-refractivity contribution >= 4 is 0 Å². The van der Waals surface area contributed by atoms with Gasteiger partial charge < -0.3 is 5.32 Å². The number of likely N-dealkylation sites (N-methyl/N-ethyl adjacent to an activating group) is 1. The molecule has 4 heteroatoms. The smallest absolute Gasteiger partial charge is 0.319 e. The molecule has 1 saturated carbocycles. The van der Waals surface area contributed by atoms with Crippen LogP contribution in [0.3, 0.4) is 0 Å². The van der Waals surface area contributed by atoms with E-state index in [0.717, 1.165) is 37.4 Å². The number of hydrogen-bond acceptors (Lipinski definition) is 1. The summed E-state index contributed by atoms with van der Waals surface area (Å²) in [6.07, 6.45) is -1.22. The molecule has 0 unspecified atom stereocenters. The van der Waals surface area contributed by atoms with Crippen LogP contribution >= 0.6 is 0 Å². The van der Waals surface area contributed by atoms with Gasteiger partial charge in [-0.1, -0.05) is 24.6 Å². The maximum Gasteiger partial charge on any atom is 0.416 e. The minimum Gasteiger partial charge on any atom is -0.319 e. The molecule has 0 saturated heterocycles. The molecule has 1 fully saturated rings. The fourth-order valence-corrected chi connectivity index (χ4v) is 2.53. The molecular formula is C13H16F3N. The molecule has 0 heterocycles. The normalized spacial score (nSPS) is 18.8. The molecule has 1 aromatic rings.